The maximum atomic E-state index is 12.1. The van der Waals surface area contributed by atoms with Gasteiger partial charge in [-0.3, -0.25) is 0 Å². The molecule has 4 nitrogen and oxygen atoms in total. The van der Waals surface area contributed by atoms with Crippen LogP contribution in [0.15, 0.2) is 6.07 Å². The summed E-state index contributed by atoms with van der Waals surface area (Å²) in [6.45, 7) is 2.97. The van der Waals surface area contributed by atoms with E-state index in [1.807, 2.05) is 0 Å². The van der Waals surface area contributed by atoms with E-state index in [0.717, 1.165) is 36.7 Å². The Balaban J connectivity index is 2.44. The van der Waals surface area contributed by atoms with E-state index in [4.69, 9.17) is 21.1 Å². The molecule has 1 aliphatic rings. The maximum absolute atomic E-state index is 12.1. The molecule has 0 aliphatic heterocycles. The number of esters is 1. The highest BCUT2D eigenvalue weighted by molar-refractivity contribution is 6.36. The highest BCUT2D eigenvalue weighted by Gasteiger charge is 2.27. The van der Waals surface area contributed by atoms with E-state index in [2.05, 4.69) is 11.5 Å². The molecule has 0 saturated heterocycles. The molecule has 22 heavy (non-hydrogen) atoms. The lowest BCUT2D eigenvalue weighted by Crippen LogP contribution is -2.07. The number of aryl methyl sites for hydroxylation is 2. The second-order valence-electron chi connectivity index (χ2n) is 5.53. The average molecular weight is 322 g/mol. The van der Waals surface area contributed by atoms with Gasteiger partial charge in [0.2, 0.25) is 0 Å². The summed E-state index contributed by atoms with van der Waals surface area (Å²) >= 11 is 6.51. The molecule has 0 N–H and O–H groups in total. The zero-order valence-electron chi connectivity index (χ0n) is 13.2. The molecule has 5 heteroatoms. The first-order valence-electron chi connectivity index (χ1n) is 7.62. The number of hydrogen-bond donors (Lipinski definition) is 0. The first-order chi connectivity index (χ1) is 10.6. The monoisotopic (exact) mass is 321 g/mol. The normalized spacial score (nSPS) is 14.0. The Kier molecular flexibility index (Phi) is 4.04. The molecular formula is C17H20ClNO3. The van der Waals surface area contributed by atoms with Gasteiger partial charge in [0, 0.05) is 17.6 Å². The number of fused-ring (bicyclic) bond motifs is 3. The van der Waals surface area contributed by atoms with Crippen molar-refractivity contribution in [3.63, 3.8) is 0 Å². The van der Waals surface area contributed by atoms with Crippen LogP contribution in [0.25, 0.3) is 10.9 Å². The number of nitrogens with zero attached hydrogens (tertiary/aromatic N) is 1. The van der Waals surface area contributed by atoms with Crippen LogP contribution < -0.4 is 4.74 Å². The minimum atomic E-state index is -0.422. The first-order valence-corrected chi connectivity index (χ1v) is 8.00. The lowest BCUT2D eigenvalue weighted by Gasteiger charge is -2.14. The van der Waals surface area contributed by atoms with Gasteiger partial charge < -0.3 is 14.0 Å². The van der Waals surface area contributed by atoms with Gasteiger partial charge in [0.25, 0.3) is 0 Å². The van der Waals surface area contributed by atoms with Crippen molar-refractivity contribution in [1.82, 2.24) is 4.57 Å². The zero-order valence-corrected chi connectivity index (χ0v) is 13.9. The van der Waals surface area contributed by atoms with E-state index in [-0.39, 0.29) is 0 Å². The third-order valence-corrected chi connectivity index (χ3v) is 4.76. The number of methoxy groups -OCH3 is 2. The SMILES string of the molecule is CCn1c2c(c3c(OC)c(C(=O)OC)cc(Cl)c31)CCCC2. The molecule has 1 aliphatic carbocycles. The highest BCUT2D eigenvalue weighted by Crippen LogP contribution is 2.43. The van der Waals surface area contributed by atoms with Crippen LogP contribution in [0.3, 0.4) is 0 Å². The van der Waals surface area contributed by atoms with Crippen LogP contribution in [0.2, 0.25) is 5.02 Å². The summed E-state index contributed by atoms with van der Waals surface area (Å²) in [6, 6.07) is 1.66. The van der Waals surface area contributed by atoms with Crippen molar-refractivity contribution in [1.29, 1.82) is 0 Å². The third-order valence-electron chi connectivity index (χ3n) is 4.47. The van der Waals surface area contributed by atoms with Crippen molar-refractivity contribution >= 4 is 28.5 Å². The molecule has 0 unspecified atom stereocenters. The summed E-state index contributed by atoms with van der Waals surface area (Å²) < 4.78 is 12.7. The summed E-state index contributed by atoms with van der Waals surface area (Å²) in [4.78, 5) is 12.1. The number of ether oxygens (including phenoxy) is 2. The van der Waals surface area contributed by atoms with Crippen molar-refractivity contribution in [2.45, 2.75) is 39.2 Å². The Morgan fingerprint density at radius 3 is 2.68 bits per heavy atom. The Morgan fingerprint density at radius 1 is 1.32 bits per heavy atom. The number of rotatable bonds is 3. The van der Waals surface area contributed by atoms with Gasteiger partial charge in [-0.05, 0) is 44.2 Å². The molecule has 0 spiro atoms. The van der Waals surface area contributed by atoms with Gasteiger partial charge in [0.1, 0.15) is 11.3 Å². The summed E-state index contributed by atoms with van der Waals surface area (Å²) in [6.07, 6.45) is 4.38. The highest BCUT2D eigenvalue weighted by atomic mass is 35.5. The van der Waals surface area contributed by atoms with E-state index in [1.54, 1.807) is 13.2 Å². The number of benzene rings is 1. The fourth-order valence-electron chi connectivity index (χ4n) is 3.58. The second-order valence-corrected chi connectivity index (χ2v) is 5.94. The Morgan fingerprint density at radius 2 is 2.05 bits per heavy atom. The van der Waals surface area contributed by atoms with Gasteiger partial charge >= 0.3 is 5.97 Å². The van der Waals surface area contributed by atoms with Crippen molar-refractivity contribution in [3.8, 4) is 5.75 Å². The van der Waals surface area contributed by atoms with Gasteiger partial charge in [-0.2, -0.15) is 0 Å². The predicted octanol–water partition coefficient (Wildman–Crippen LogP) is 3.99. The van der Waals surface area contributed by atoms with Crippen molar-refractivity contribution < 1.29 is 14.3 Å². The van der Waals surface area contributed by atoms with Gasteiger partial charge in [-0.1, -0.05) is 11.6 Å². The standard InChI is InChI=1S/C17H20ClNO3/c1-4-19-13-8-6-5-7-10(13)14-15(19)12(18)9-11(16(14)21-2)17(20)22-3/h9H,4-8H2,1-3H3. The largest absolute Gasteiger partial charge is 0.495 e. The molecule has 1 aromatic heterocycles. The summed E-state index contributed by atoms with van der Waals surface area (Å²) in [5.41, 5.74) is 3.96. The van der Waals surface area contributed by atoms with Crippen molar-refractivity contribution in [3.05, 3.63) is 27.9 Å². The van der Waals surface area contributed by atoms with Gasteiger partial charge in [-0.25, -0.2) is 4.79 Å². The Bertz CT molecular complexity index is 748. The van der Waals surface area contributed by atoms with Crippen molar-refractivity contribution in [2.24, 2.45) is 0 Å². The number of carbonyl (C=O) groups is 1. The summed E-state index contributed by atoms with van der Waals surface area (Å²) in [5, 5.41) is 1.56. The Hall–Kier alpha value is -1.68. The topological polar surface area (TPSA) is 40.5 Å². The van der Waals surface area contributed by atoms with E-state index in [0.29, 0.717) is 16.3 Å². The van der Waals surface area contributed by atoms with E-state index in [9.17, 15) is 4.79 Å². The lowest BCUT2D eigenvalue weighted by molar-refractivity contribution is 0.0597. The number of hydrogen-bond acceptors (Lipinski definition) is 3. The van der Waals surface area contributed by atoms with Crippen LogP contribution in [0, 0.1) is 0 Å². The summed E-state index contributed by atoms with van der Waals surface area (Å²) in [5.74, 6) is 0.158. The smallest absolute Gasteiger partial charge is 0.341 e. The van der Waals surface area contributed by atoms with Crippen LogP contribution in [-0.2, 0) is 24.1 Å². The fraction of sp³-hybridized carbons (Fsp3) is 0.471. The third kappa shape index (κ3) is 2.09. The molecule has 1 aromatic carbocycles. The molecule has 0 radical (unpaired) electrons. The van der Waals surface area contributed by atoms with Gasteiger partial charge in [0.05, 0.1) is 24.8 Å². The molecule has 2 aromatic rings. The lowest BCUT2D eigenvalue weighted by atomic mass is 9.94. The van der Waals surface area contributed by atoms with E-state index < -0.39 is 5.97 Å². The maximum Gasteiger partial charge on any atom is 0.341 e. The molecule has 1 heterocycles. The van der Waals surface area contributed by atoms with Gasteiger partial charge in [0.15, 0.2) is 0 Å². The van der Waals surface area contributed by atoms with Crippen LogP contribution in [0.1, 0.15) is 41.4 Å². The first kappa shape index (κ1) is 15.2. The molecular weight excluding hydrogens is 302 g/mol. The predicted molar refractivity (Wildman–Crippen MR) is 87.2 cm³/mol. The molecule has 0 fully saturated rings. The molecule has 118 valence electrons. The molecule has 3 rings (SSSR count). The molecule has 0 amide bonds. The average Bonchev–Trinajstić information content (AvgIpc) is 2.89. The molecule has 0 atom stereocenters. The molecule has 0 bridgehead atoms. The van der Waals surface area contributed by atoms with Crippen LogP contribution in [0.5, 0.6) is 5.75 Å². The quantitative estimate of drug-likeness (QED) is 0.803. The van der Waals surface area contributed by atoms with Crippen LogP contribution in [0.4, 0.5) is 0 Å². The number of halogens is 1. The second kappa shape index (κ2) is 5.84. The number of aromatic nitrogens is 1. The van der Waals surface area contributed by atoms with Gasteiger partial charge in [-0.15, -0.1) is 0 Å². The van der Waals surface area contributed by atoms with Crippen molar-refractivity contribution in [2.75, 3.05) is 14.2 Å². The van der Waals surface area contributed by atoms with E-state index >= 15 is 0 Å². The minimum Gasteiger partial charge on any atom is -0.495 e. The fourth-order valence-corrected chi connectivity index (χ4v) is 3.89. The zero-order chi connectivity index (χ0) is 15.9. The molecule has 0 saturated carbocycles. The summed E-state index contributed by atoms with van der Waals surface area (Å²) in [7, 11) is 2.96. The van der Waals surface area contributed by atoms with Crippen LogP contribution in [-0.4, -0.2) is 24.8 Å². The van der Waals surface area contributed by atoms with E-state index in [1.165, 1.54) is 24.8 Å². The van der Waals surface area contributed by atoms with Crippen LogP contribution >= 0.6 is 11.6 Å². The Labute approximate surface area is 135 Å². The minimum absolute atomic E-state index is 0.393. The number of carbonyl (C=O) groups excluding carboxylic acids is 1.